The van der Waals surface area contributed by atoms with E-state index in [2.05, 4.69) is 11.9 Å². The third-order valence-electron chi connectivity index (χ3n) is 3.25. The van der Waals surface area contributed by atoms with Crippen molar-refractivity contribution in [3.63, 3.8) is 0 Å². The van der Waals surface area contributed by atoms with Gasteiger partial charge in [0.1, 0.15) is 6.10 Å². The lowest BCUT2D eigenvalue weighted by Crippen LogP contribution is -2.15. The van der Waals surface area contributed by atoms with Crippen LogP contribution >= 0.6 is 0 Å². The van der Waals surface area contributed by atoms with Crippen molar-refractivity contribution in [3.8, 4) is 5.88 Å². The quantitative estimate of drug-likeness (QED) is 0.783. The molecule has 1 saturated carbocycles. The van der Waals surface area contributed by atoms with Crippen molar-refractivity contribution < 1.29 is 14.3 Å². The van der Waals surface area contributed by atoms with Gasteiger partial charge in [-0.3, -0.25) is 0 Å². The molecule has 0 radical (unpaired) electrons. The maximum atomic E-state index is 11.9. The molecule has 1 aromatic heterocycles. The maximum Gasteiger partial charge on any atom is 0.339 e. The fraction of sp³-hybridized carbons (Fsp3) is 0.600. The van der Waals surface area contributed by atoms with Gasteiger partial charge in [0.2, 0.25) is 5.88 Å². The maximum absolute atomic E-state index is 11.9. The lowest BCUT2D eigenvalue weighted by molar-refractivity contribution is 0.0310. The average Bonchev–Trinajstić information content (AvgIpc) is 2.75. The number of carbonyl (C=O) groups excluding carboxylic acids is 1. The zero-order valence-electron chi connectivity index (χ0n) is 11.8. The molecule has 104 valence electrons. The van der Waals surface area contributed by atoms with Gasteiger partial charge in [0.15, 0.2) is 0 Å². The molecule has 1 fully saturated rings. The van der Waals surface area contributed by atoms with Crippen LogP contribution in [0.3, 0.4) is 0 Å². The number of pyridine rings is 1. The van der Waals surface area contributed by atoms with Crippen molar-refractivity contribution in [2.45, 2.75) is 52.2 Å². The van der Waals surface area contributed by atoms with Gasteiger partial charge in [-0.25, -0.2) is 9.78 Å². The van der Waals surface area contributed by atoms with Gasteiger partial charge < -0.3 is 9.47 Å². The number of rotatable bonds is 4. The van der Waals surface area contributed by atoms with Crippen molar-refractivity contribution in [1.82, 2.24) is 4.98 Å². The van der Waals surface area contributed by atoms with E-state index in [4.69, 9.17) is 9.47 Å². The number of esters is 1. The van der Waals surface area contributed by atoms with Crippen molar-refractivity contribution in [2.75, 3.05) is 0 Å². The zero-order valence-corrected chi connectivity index (χ0v) is 11.8. The second-order valence-electron chi connectivity index (χ2n) is 5.50. The van der Waals surface area contributed by atoms with Gasteiger partial charge in [-0.1, -0.05) is 6.92 Å². The highest BCUT2D eigenvalue weighted by atomic mass is 16.5. The highest BCUT2D eigenvalue weighted by Crippen LogP contribution is 2.27. The molecular formula is C15H21NO3. The van der Waals surface area contributed by atoms with Gasteiger partial charge in [-0.2, -0.15) is 0 Å². The summed E-state index contributed by atoms with van der Waals surface area (Å²) in [6.45, 7) is 6.06. The molecule has 1 aromatic rings. The summed E-state index contributed by atoms with van der Waals surface area (Å²) in [5, 5.41) is 0. The summed E-state index contributed by atoms with van der Waals surface area (Å²) in [5.74, 6) is 0.890. The van der Waals surface area contributed by atoms with E-state index in [9.17, 15) is 4.79 Å². The predicted octanol–water partition coefficient (Wildman–Crippen LogP) is 3.21. The first-order valence-electron chi connectivity index (χ1n) is 6.88. The van der Waals surface area contributed by atoms with Crippen LogP contribution in [0.1, 0.15) is 50.4 Å². The smallest absolute Gasteiger partial charge is 0.339 e. The average molecular weight is 263 g/mol. The number of nitrogens with zero attached hydrogens (tertiary/aromatic N) is 1. The van der Waals surface area contributed by atoms with Crippen LogP contribution in [-0.2, 0) is 4.74 Å². The molecule has 1 aliphatic rings. The lowest BCUT2D eigenvalue weighted by atomic mass is 10.1. The summed E-state index contributed by atoms with van der Waals surface area (Å²) in [5.41, 5.74) is 0.482. The topological polar surface area (TPSA) is 48.4 Å². The first kappa shape index (κ1) is 13.8. The number of carbonyl (C=O) groups is 1. The Balaban J connectivity index is 1.92. The van der Waals surface area contributed by atoms with E-state index in [1.54, 1.807) is 12.1 Å². The molecule has 1 heterocycles. The van der Waals surface area contributed by atoms with Gasteiger partial charge in [-0.15, -0.1) is 0 Å². The number of hydrogen-bond donors (Lipinski definition) is 0. The van der Waals surface area contributed by atoms with Crippen molar-refractivity contribution in [3.05, 3.63) is 23.9 Å². The fourth-order valence-electron chi connectivity index (χ4n) is 2.29. The van der Waals surface area contributed by atoms with Crippen LogP contribution in [0.4, 0.5) is 0 Å². The second-order valence-corrected chi connectivity index (χ2v) is 5.50. The van der Waals surface area contributed by atoms with Crippen LogP contribution in [0.25, 0.3) is 0 Å². The molecule has 2 atom stereocenters. The summed E-state index contributed by atoms with van der Waals surface area (Å²) >= 11 is 0. The Labute approximate surface area is 114 Å². The first-order chi connectivity index (χ1) is 9.04. The predicted molar refractivity (Wildman–Crippen MR) is 72.2 cm³/mol. The van der Waals surface area contributed by atoms with E-state index in [1.165, 1.54) is 6.20 Å². The minimum Gasteiger partial charge on any atom is -0.475 e. The standard InChI is InChI=1S/C15H21NO3/c1-10(2)18-14-7-5-12(9-16-14)15(17)19-13-6-4-11(3)8-13/h5,7,9-11,13H,4,6,8H2,1-3H3/t11-,13-/m1/s1. The minimum atomic E-state index is -0.289. The molecule has 1 aliphatic carbocycles. The van der Waals surface area contributed by atoms with Crippen molar-refractivity contribution >= 4 is 5.97 Å². The Kier molecular flexibility index (Phi) is 4.40. The number of ether oxygens (including phenoxy) is 2. The van der Waals surface area contributed by atoms with E-state index in [-0.39, 0.29) is 18.2 Å². The van der Waals surface area contributed by atoms with Crippen molar-refractivity contribution in [2.24, 2.45) is 5.92 Å². The van der Waals surface area contributed by atoms with Crippen LogP contribution in [0, 0.1) is 5.92 Å². The molecule has 0 bridgehead atoms. The lowest BCUT2D eigenvalue weighted by Gasteiger charge is -2.12. The fourth-order valence-corrected chi connectivity index (χ4v) is 2.29. The van der Waals surface area contributed by atoms with Gasteiger partial charge in [-0.05, 0) is 45.1 Å². The van der Waals surface area contributed by atoms with Gasteiger partial charge in [0.25, 0.3) is 0 Å². The molecule has 0 amide bonds. The zero-order chi connectivity index (χ0) is 13.8. The molecule has 0 aliphatic heterocycles. The molecule has 0 aromatic carbocycles. The normalized spacial score (nSPS) is 22.5. The summed E-state index contributed by atoms with van der Waals surface area (Å²) in [4.78, 5) is 16.0. The first-order valence-corrected chi connectivity index (χ1v) is 6.88. The van der Waals surface area contributed by atoms with Crippen LogP contribution in [0.2, 0.25) is 0 Å². The second kappa shape index (κ2) is 6.04. The van der Waals surface area contributed by atoms with Gasteiger partial charge >= 0.3 is 5.97 Å². The Morgan fingerprint density at radius 1 is 1.37 bits per heavy atom. The Bertz CT molecular complexity index is 428. The van der Waals surface area contributed by atoms with E-state index in [0.29, 0.717) is 17.4 Å². The Morgan fingerprint density at radius 3 is 2.68 bits per heavy atom. The third kappa shape index (κ3) is 3.94. The molecule has 0 unspecified atom stereocenters. The molecule has 4 nitrogen and oxygen atoms in total. The summed E-state index contributed by atoms with van der Waals surface area (Å²) in [6, 6.07) is 3.40. The van der Waals surface area contributed by atoms with Crippen LogP contribution in [-0.4, -0.2) is 23.2 Å². The van der Waals surface area contributed by atoms with E-state index in [0.717, 1.165) is 19.3 Å². The molecular weight excluding hydrogens is 242 g/mol. The van der Waals surface area contributed by atoms with E-state index < -0.39 is 0 Å². The Hall–Kier alpha value is -1.58. The molecule has 0 spiro atoms. The van der Waals surface area contributed by atoms with E-state index >= 15 is 0 Å². The molecule has 0 N–H and O–H groups in total. The SMILES string of the molecule is CC(C)Oc1ccc(C(=O)O[C@@H]2CC[C@@H](C)C2)cn1. The minimum absolute atomic E-state index is 0.0640. The largest absolute Gasteiger partial charge is 0.475 e. The highest BCUT2D eigenvalue weighted by Gasteiger charge is 2.25. The molecule has 19 heavy (non-hydrogen) atoms. The number of aromatic nitrogens is 1. The summed E-state index contributed by atoms with van der Waals surface area (Å²) in [6.07, 6.45) is 4.72. The summed E-state index contributed by atoms with van der Waals surface area (Å²) < 4.78 is 10.9. The molecule has 0 saturated heterocycles. The van der Waals surface area contributed by atoms with Crippen LogP contribution < -0.4 is 4.74 Å². The monoisotopic (exact) mass is 263 g/mol. The summed E-state index contributed by atoms with van der Waals surface area (Å²) in [7, 11) is 0. The Morgan fingerprint density at radius 2 is 2.16 bits per heavy atom. The van der Waals surface area contributed by atoms with Gasteiger partial charge in [0.05, 0.1) is 11.7 Å². The van der Waals surface area contributed by atoms with Crippen LogP contribution in [0.15, 0.2) is 18.3 Å². The number of hydrogen-bond acceptors (Lipinski definition) is 4. The molecule has 2 rings (SSSR count). The highest BCUT2D eigenvalue weighted by molar-refractivity contribution is 5.89. The molecule has 4 heteroatoms. The van der Waals surface area contributed by atoms with E-state index in [1.807, 2.05) is 13.8 Å². The van der Waals surface area contributed by atoms with Gasteiger partial charge in [0, 0.05) is 12.3 Å². The van der Waals surface area contributed by atoms with Crippen molar-refractivity contribution in [1.29, 1.82) is 0 Å². The third-order valence-corrected chi connectivity index (χ3v) is 3.25. The van der Waals surface area contributed by atoms with Crippen LogP contribution in [0.5, 0.6) is 5.88 Å².